The van der Waals surface area contributed by atoms with Crippen molar-refractivity contribution in [3.8, 4) is 0 Å². The fourth-order valence-corrected chi connectivity index (χ4v) is 2.81. The SMILES string of the molecule is CCNC(=NCCCCSC)NCCC(=O)Nc1cccc(Cl)c1C.I. The Morgan fingerprint density at radius 3 is 2.73 bits per heavy atom. The van der Waals surface area contributed by atoms with Gasteiger partial charge < -0.3 is 16.0 Å². The molecule has 0 fully saturated rings. The van der Waals surface area contributed by atoms with E-state index in [1.807, 2.05) is 43.8 Å². The van der Waals surface area contributed by atoms with Crippen LogP contribution in [-0.4, -0.2) is 43.5 Å². The lowest BCUT2D eigenvalue weighted by Crippen LogP contribution is -2.38. The van der Waals surface area contributed by atoms with Crippen LogP contribution < -0.4 is 16.0 Å². The smallest absolute Gasteiger partial charge is 0.226 e. The Labute approximate surface area is 183 Å². The summed E-state index contributed by atoms with van der Waals surface area (Å²) in [4.78, 5) is 16.6. The van der Waals surface area contributed by atoms with E-state index in [9.17, 15) is 4.79 Å². The Morgan fingerprint density at radius 1 is 1.27 bits per heavy atom. The highest BCUT2D eigenvalue weighted by molar-refractivity contribution is 14.0. The molecular formula is C18H30ClIN4OS. The van der Waals surface area contributed by atoms with E-state index in [2.05, 4.69) is 27.2 Å². The molecule has 0 spiro atoms. The fraction of sp³-hybridized carbons (Fsp3) is 0.556. The van der Waals surface area contributed by atoms with Crippen molar-refractivity contribution in [2.24, 2.45) is 4.99 Å². The van der Waals surface area contributed by atoms with Crippen molar-refractivity contribution in [3.05, 3.63) is 28.8 Å². The molecule has 5 nitrogen and oxygen atoms in total. The summed E-state index contributed by atoms with van der Waals surface area (Å²) in [6.45, 7) is 6.04. The molecule has 1 aromatic carbocycles. The number of aliphatic imine (C=N–C) groups is 1. The number of rotatable bonds is 10. The molecule has 1 amide bonds. The highest BCUT2D eigenvalue weighted by Gasteiger charge is 2.07. The van der Waals surface area contributed by atoms with Gasteiger partial charge in [-0.2, -0.15) is 11.8 Å². The topological polar surface area (TPSA) is 65.5 Å². The van der Waals surface area contributed by atoms with Crippen molar-refractivity contribution >= 4 is 64.9 Å². The van der Waals surface area contributed by atoms with Gasteiger partial charge in [-0.25, -0.2) is 0 Å². The summed E-state index contributed by atoms with van der Waals surface area (Å²) < 4.78 is 0. The number of thioether (sulfide) groups is 1. The standard InChI is InChI=1S/C18H29ClN4OS.HI/c1-4-20-18(21-11-5-6-13-25-3)22-12-10-17(24)23-16-9-7-8-15(19)14(16)2;/h7-9H,4-6,10-13H2,1-3H3,(H,23,24)(H2,20,21,22);1H. The number of benzene rings is 1. The quantitative estimate of drug-likeness (QED) is 0.189. The van der Waals surface area contributed by atoms with Crippen LogP contribution >= 0.6 is 47.3 Å². The van der Waals surface area contributed by atoms with Gasteiger partial charge in [-0.15, -0.1) is 24.0 Å². The van der Waals surface area contributed by atoms with E-state index in [1.165, 1.54) is 12.2 Å². The first-order valence-corrected chi connectivity index (χ1v) is 10.4. The highest BCUT2D eigenvalue weighted by atomic mass is 127. The third kappa shape index (κ3) is 10.5. The summed E-state index contributed by atoms with van der Waals surface area (Å²) in [7, 11) is 0. The number of anilines is 1. The van der Waals surface area contributed by atoms with E-state index in [0.717, 1.165) is 36.7 Å². The number of guanidine groups is 1. The number of hydrogen-bond donors (Lipinski definition) is 3. The second kappa shape index (κ2) is 15.4. The molecule has 0 atom stereocenters. The molecule has 0 heterocycles. The van der Waals surface area contributed by atoms with Gasteiger partial charge in [-0.1, -0.05) is 17.7 Å². The molecule has 0 saturated carbocycles. The van der Waals surface area contributed by atoms with Gasteiger partial charge in [-0.3, -0.25) is 9.79 Å². The summed E-state index contributed by atoms with van der Waals surface area (Å²) in [6, 6.07) is 5.50. The summed E-state index contributed by atoms with van der Waals surface area (Å²) >= 11 is 7.93. The van der Waals surface area contributed by atoms with Crippen LogP contribution in [0.25, 0.3) is 0 Å². The molecule has 0 aliphatic heterocycles. The third-order valence-corrected chi connectivity index (χ3v) is 4.66. The molecule has 0 aliphatic rings. The maximum Gasteiger partial charge on any atom is 0.226 e. The van der Waals surface area contributed by atoms with Gasteiger partial charge in [0, 0.05) is 36.8 Å². The molecule has 0 aromatic heterocycles. The molecule has 148 valence electrons. The van der Waals surface area contributed by atoms with Gasteiger partial charge in [-0.05, 0) is 56.4 Å². The largest absolute Gasteiger partial charge is 0.357 e. The van der Waals surface area contributed by atoms with Crippen molar-refractivity contribution in [2.45, 2.75) is 33.1 Å². The first-order valence-electron chi connectivity index (χ1n) is 8.64. The van der Waals surface area contributed by atoms with Crippen LogP contribution in [-0.2, 0) is 4.79 Å². The predicted molar refractivity (Wildman–Crippen MR) is 126 cm³/mol. The Kier molecular flexibility index (Phi) is 15.0. The van der Waals surface area contributed by atoms with E-state index >= 15 is 0 Å². The lowest BCUT2D eigenvalue weighted by Gasteiger charge is -2.12. The van der Waals surface area contributed by atoms with E-state index < -0.39 is 0 Å². The minimum Gasteiger partial charge on any atom is -0.357 e. The average molecular weight is 513 g/mol. The molecule has 0 radical (unpaired) electrons. The van der Waals surface area contributed by atoms with Crippen molar-refractivity contribution in [2.75, 3.05) is 37.0 Å². The minimum atomic E-state index is -0.0475. The predicted octanol–water partition coefficient (Wildman–Crippen LogP) is 4.29. The highest BCUT2D eigenvalue weighted by Crippen LogP contribution is 2.22. The van der Waals surface area contributed by atoms with E-state index in [-0.39, 0.29) is 29.9 Å². The van der Waals surface area contributed by atoms with Gasteiger partial charge >= 0.3 is 0 Å². The molecule has 1 aromatic rings. The molecule has 0 saturated heterocycles. The Bertz CT molecular complexity index is 572. The summed E-state index contributed by atoms with van der Waals surface area (Å²) in [5.74, 6) is 1.88. The monoisotopic (exact) mass is 512 g/mol. The van der Waals surface area contributed by atoms with E-state index in [0.29, 0.717) is 18.0 Å². The van der Waals surface area contributed by atoms with Crippen LogP contribution in [0.1, 0.15) is 31.7 Å². The molecule has 0 unspecified atom stereocenters. The summed E-state index contributed by atoms with van der Waals surface area (Å²) in [5.41, 5.74) is 1.64. The van der Waals surface area contributed by atoms with Crippen LogP contribution in [0.15, 0.2) is 23.2 Å². The third-order valence-electron chi connectivity index (χ3n) is 3.56. The molecular weight excluding hydrogens is 483 g/mol. The molecule has 8 heteroatoms. The Hall–Kier alpha value is -0.670. The van der Waals surface area contributed by atoms with E-state index in [4.69, 9.17) is 11.6 Å². The van der Waals surface area contributed by atoms with Gasteiger partial charge in [0.05, 0.1) is 0 Å². The fourth-order valence-electron chi connectivity index (χ4n) is 2.14. The first-order chi connectivity index (χ1) is 12.1. The van der Waals surface area contributed by atoms with Crippen LogP contribution in [0.2, 0.25) is 5.02 Å². The Morgan fingerprint density at radius 2 is 2.04 bits per heavy atom. The van der Waals surface area contributed by atoms with Crippen molar-refractivity contribution in [1.29, 1.82) is 0 Å². The zero-order valence-electron chi connectivity index (χ0n) is 15.7. The van der Waals surface area contributed by atoms with Gasteiger partial charge in [0.15, 0.2) is 5.96 Å². The van der Waals surface area contributed by atoms with Crippen LogP contribution in [0.4, 0.5) is 5.69 Å². The lowest BCUT2D eigenvalue weighted by atomic mass is 10.2. The second-order valence-corrected chi connectivity index (χ2v) is 6.99. The number of amides is 1. The molecule has 1 rings (SSSR count). The molecule has 0 bridgehead atoms. The zero-order valence-corrected chi connectivity index (χ0v) is 19.6. The number of unbranched alkanes of at least 4 members (excludes halogenated alkanes) is 1. The first kappa shape index (κ1) is 25.3. The maximum absolute atomic E-state index is 12.1. The second-order valence-electron chi connectivity index (χ2n) is 5.60. The molecule has 0 aliphatic carbocycles. The Balaban J connectivity index is 0.00000625. The van der Waals surface area contributed by atoms with Gasteiger partial charge in [0.25, 0.3) is 0 Å². The number of halogens is 2. The van der Waals surface area contributed by atoms with Crippen LogP contribution in [0, 0.1) is 6.92 Å². The average Bonchev–Trinajstić information content (AvgIpc) is 2.58. The van der Waals surface area contributed by atoms with Crippen molar-refractivity contribution < 1.29 is 4.79 Å². The zero-order chi connectivity index (χ0) is 18.5. The van der Waals surface area contributed by atoms with Gasteiger partial charge in [0.2, 0.25) is 5.91 Å². The number of carbonyl (C=O) groups excluding carboxylic acids is 1. The van der Waals surface area contributed by atoms with Crippen LogP contribution in [0.5, 0.6) is 0 Å². The van der Waals surface area contributed by atoms with Gasteiger partial charge in [0.1, 0.15) is 0 Å². The van der Waals surface area contributed by atoms with E-state index in [1.54, 1.807) is 0 Å². The summed E-state index contributed by atoms with van der Waals surface area (Å²) in [5, 5.41) is 9.95. The van der Waals surface area contributed by atoms with Crippen LogP contribution in [0.3, 0.4) is 0 Å². The minimum absolute atomic E-state index is 0. The molecule has 26 heavy (non-hydrogen) atoms. The number of carbonyl (C=O) groups is 1. The maximum atomic E-state index is 12.1. The molecule has 3 N–H and O–H groups in total. The number of hydrogen-bond acceptors (Lipinski definition) is 3. The summed E-state index contributed by atoms with van der Waals surface area (Å²) in [6.07, 6.45) is 4.73. The number of nitrogens with one attached hydrogen (secondary N) is 3. The van der Waals surface area contributed by atoms with Crippen molar-refractivity contribution in [1.82, 2.24) is 10.6 Å². The van der Waals surface area contributed by atoms with Crippen molar-refractivity contribution in [3.63, 3.8) is 0 Å². The number of nitrogens with zero attached hydrogens (tertiary/aromatic N) is 1. The normalized spacial score (nSPS) is 10.8. The lowest BCUT2D eigenvalue weighted by molar-refractivity contribution is -0.116.